The van der Waals surface area contributed by atoms with Crippen molar-refractivity contribution < 1.29 is 14.3 Å². The van der Waals surface area contributed by atoms with E-state index >= 15 is 0 Å². The molecule has 0 bridgehead atoms. The number of carbonyl (C=O) groups excluding carboxylic acids is 1. The van der Waals surface area contributed by atoms with E-state index in [-0.39, 0.29) is 22.9 Å². The largest absolute Gasteiger partial charge is 0.496 e. The van der Waals surface area contributed by atoms with Crippen molar-refractivity contribution >= 4 is 34.0 Å². The van der Waals surface area contributed by atoms with Crippen molar-refractivity contribution in [2.45, 2.75) is 18.3 Å². The molecule has 11 heteroatoms. The molecule has 1 aliphatic carbocycles. The van der Waals surface area contributed by atoms with Gasteiger partial charge in [-0.1, -0.05) is 29.0 Å². The van der Waals surface area contributed by atoms with Crippen LogP contribution >= 0.6 is 22.9 Å². The van der Waals surface area contributed by atoms with Crippen LogP contribution in [0, 0.1) is 11.3 Å². The molecule has 3 aromatic heterocycles. The maximum Gasteiger partial charge on any atom is 0.258 e. The highest BCUT2D eigenvalue weighted by molar-refractivity contribution is 7.15. The Bertz CT molecular complexity index is 1500. The van der Waals surface area contributed by atoms with Crippen LogP contribution < -0.4 is 14.8 Å². The molecule has 4 aromatic rings. The Balaban J connectivity index is 1.34. The fourth-order valence-corrected chi connectivity index (χ4v) is 5.17. The van der Waals surface area contributed by atoms with Crippen molar-refractivity contribution in [2.75, 3.05) is 19.5 Å². The lowest BCUT2D eigenvalue weighted by molar-refractivity contribution is 0.102. The second kappa shape index (κ2) is 9.89. The fourth-order valence-electron chi connectivity index (χ4n) is 4.10. The molecule has 0 aliphatic heterocycles. The number of rotatable bonds is 7. The van der Waals surface area contributed by atoms with Crippen molar-refractivity contribution in [1.82, 2.24) is 20.2 Å². The summed E-state index contributed by atoms with van der Waals surface area (Å²) in [6.07, 6.45) is 5.51. The molecule has 36 heavy (non-hydrogen) atoms. The summed E-state index contributed by atoms with van der Waals surface area (Å²) in [6.45, 7) is 0. The number of nitrogens with zero attached hydrogens (tertiary/aromatic N) is 5. The number of nitriles is 1. The molecular formula is C25H19ClN6O3S. The average molecular weight is 519 g/mol. The van der Waals surface area contributed by atoms with Crippen LogP contribution in [-0.4, -0.2) is 40.3 Å². The first-order valence-corrected chi connectivity index (χ1v) is 12.1. The molecule has 1 saturated carbocycles. The lowest BCUT2D eigenvalue weighted by Crippen LogP contribution is -2.13. The van der Waals surface area contributed by atoms with E-state index < -0.39 is 0 Å². The third kappa shape index (κ3) is 4.58. The quantitative estimate of drug-likeness (QED) is 0.337. The van der Waals surface area contributed by atoms with E-state index in [9.17, 15) is 4.79 Å². The Labute approximate surface area is 215 Å². The number of methoxy groups -OCH3 is 2. The second-order valence-corrected chi connectivity index (χ2v) is 9.44. The van der Waals surface area contributed by atoms with Gasteiger partial charge in [-0.3, -0.25) is 15.1 Å². The Morgan fingerprint density at radius 2 is 1.94 bits per heavy atom. The lowest BCUT2D eigenvalue weighted by atomic mass is 10.0. The van der Waals surface area contributed by atoms with Crippen LogP contribution in [0.1, 0.15) is 44.7 Å². The highest BCUT2D eigenvalue weighted by atomic mass is 35.5. The van der Waals surface area contributed by atoms with E-state index in [4.69, 9.17) is 26.3 Å². The van der Waals surface area contributed by atoms with Crippen molar-refractivity contribution in [1.29, 1.82) is 5.26 Å². The van der Waals surface area contributed by atoms with Crippen LogP contribution in [0.2, 0.25) is 5.15 Å². The molecule has 1 amide bonds. The van der Waals surface area contributed by atoms with Gasteiger partial charge in [-0.05, 0) is 42.2 Å². The first-order chi connectivity index (χ1) is 17.5. The molecule has 1 aromatic carbocycles. The van der Waals surface area contributed by atoms with Gasteiger partial charge in [0.15, 0.2) is 0 Å². The molecule has 2 atom stereocenters. The molecule has 5 rings (SSSR count). The molecule has 0 radical (unpaired) electrons. The number of halogens is 1. The van der Waals surface area contributed by atoms with Crippen molar-refractivity contribution in [3.8, 4) is 28.7 Å². The second-order valence-electron chi connectivity index (χ2n) is 8.05. The number of benzene rings is 1. The number of nitrogens with one attached hydrogen (secondary N) is 1. The van der Waals surface area contributed by atoms with Gasteiger partial charge < -0.3 is 9.47 Å². The summed E-state index contributed by atoms with van der Waals surface area (Å²) < 4.78 is 10.9. The van der Waals surface area contributed by atoms with Crippen molar-refractivity contribution in [3.05, 3.63) is 75.8 Å². The number of pyridine rings is 2. The van der Waals surface area contributed by atoms with E-state index in [0.29, 0.717) is 38.9 Å². The van der Waals surface area contributed by atoms with Crippen LogP contribution in [0.5, 0.6) is 11.5 Å². The first-order valence-electron chi connectivity index (χ1n) is 10.9. The highest BCUT2D eigenvalue weighted by Crippen LogP contribution is 2.57. The third-order valence-corrected chi connectivity index (χ3v) is 7.12. The van der Waals surface area contributed by atoms with Gasteiger partial charge in [0, 0.05) is 29.4 Å². The molecular weight excluding hydrogens is 500 g/mol. The Morgan fingerprint density at radius 1 is 1.11 bits per heavy atom. The Hall–Kier alpha value is -4.07. The lowest BCUT2D eigenvalue weighted by Gasteiger charge is -2.12. The molecule has 3 heterocycles. The maximum absolute atomic E-state index is 13.2. The van der Waals surface area contributed by atoms with Gasteiger partial charge in [0.25, 0.3) is 5.91 Å². The summed E-state index contributed by atoms with van der Waals surface area (Å²) in [6, 6.07) is 10.8. The average Bonchev–Trinajstić information content (AvgIpc) is 3.57. The molecule has 180 valence electrons. The van der Waals surface area contributed by atoms with E-state index in [1.807, 2.05) is 6.07 Å². The molecule has 1 aliphatic rings. The van der Waals surface area contributed by atoms with Crippen LogP contribution in [-0.2, 0) is 0 Å². The molecule has 9 nitrogen and oxygen atoms in total. The molecule has 0 spiro atoms. The summed E-state index contributed by atoms with van der Waals surface area (Å²) in [4.78, 5) is 21.4. The van der Waals surface area contributed by atoms with Crippen molar-refractivity contribution in [3.63, 3.8) is 0 Å². The summed E-state index contributed by atoms with van der Waals surface area (Å²) in [5.41, 5.74) is 3.13. The Kier molecular flexibility index (Phi) is 6.50. The van der Waals surface area contributed by atoms with Crippen LogP contribution in [0.4, 0.5) is 5.13 Å². The van der Waals surface area contributed by atoms with Gasteiger partial charge >= 0.3 is 0 Å². The minimum absolute atomic E-state index is 0.176. The number of carbonyl (C=O) groups is 1. The monoisotopic (exact) mass is 518 g/mol. The Morgan fingerprint density at radius 3 is 2.72 bits per heavy atom. The first kappa shape index (κ1) is 23.7. The molecule has 1 fully saturated rings. The fraction of sp³-hybridized carbons (Fsp3) is 0.200. The van der Waals surface area contributed by atoms with Gasteiger partial charge in [0.05, 0.1) is 37.6 Å². The number of hydrogen-bond acceptors (Lipinski definition) is 9. The van der Waals surface area contributed by atoms with Gasteiger partial charge in [0.2, 0.25) is 5.13 Å². The predicted molar refractivity (Wildman–Crippen MR) is 135 cm³/mol. The topological polar surface area (TPSA) is 123 Å². The predicted octanol–water partition coefficient (Wildman–Crippen LogP) is 5.06. The standard InChI is InChI=1S/C25H19ClN6O3S/c1-34-20-7-13(10-27)3-4-14(20)16-8-18(16)24-31-32-25(36-24)30-23(33)15-5-6-28-11-19(15)17-9-22(26)29-12-21(17)35-2/h3-7,9,11-12,16,18H,8H2,1-2H3,(H,30,32,33)/t16-,18?/m0/s1. The van der Waals surface area contributed by atoms with Gasteiger partial charge in [-0.2, -0.15) is 5.26 Å². The number of aromatic nitrogens is 4. The van der Waals surface area contributed by atoms with E-state index in [1.54, 1.807) is 43.8 Å². The number of amides is 1. The highest BCUT2D eigenvalue weighted by Gasteiger charge is 2.43. The smallest absolute Gasteiger partial charge is 0.258 e. The minimum atomic E-state index is -0.355. The summed E-state index contributed by atoms with van der Waals surface area (Å²) in [5.74, 6) is 1.20. The van der Waals surface area contributed by atoms with E-state index in [0.717, 1.165) is 17.0 Å². The minimum Gasteiger partial charge on any atom is -0.496 e. The normalized spacial score (nSPS) is 16.2. The van der Waals surface area contributed by atoms with Crippen molar-refractivity contribution in [2.24, 2.45) is 0 Å². The van der Waals surface area contributed by atoms with Gasteiger partial charge in [0.1, 0.15) is 21.7 Å². The molecule has 1 N–H and O–H groups in total. The summed E-state index contributed by atoms with van der Waals surface area (Å²) in [7, 11) is 3.12. The van der Waals surface area contributed by atoms with Crippen LogP contribution in [0.3, 0.4) is 0 Å². The number of anilines is 1. The maximum atomic E-state index is 13.2. The van der Waals surface area contributed by atoms with Crippen LogP contribution in [0.25, 0.3) is 11.1 Å². The van der Waals surface area contributed by atoms with Crippen LogP contribution in [0.15, 0.2) is 48.9 Å². The zero-order valence-corrected chi connectivity index (χ0v) is 20.8. The third-order valence-electron chi connectivity index (χ3n) is 5.94. The van der Waals surface area contributed by atoms with Gasteiger partial charge in [-0.15, -0.1) is 10.2 Å². The number of hydrogen-bond donors (Lipinski definition) is 1. The molecule has 0 saturated heterocycles. The zero-order chi connectivity index (χ0) is 25.2. The zero-order valence-electron chi connectivity index (χ0n) is 19.2. The van der Waals surface area contributed by atoms with E-state index in [2.05, 4.69) is 31.6 Å². The number of ether oxygens (including phenoxy) is 2. The van der Waals surface area contributed by atoms with Gasteiger partial charge in [-0.25, -0.2) is 4.98 Å². The molecule has 1 unspecified atom stereocenters. The summed E-state index contributed by atoms with van der Waals surface area (Å²) >= 11 is 7.43. The summed E-state index contributed by atoms with van der Waals surface area (Å²) in [5, 5.41) is 22.0. The SMILES string of the molecule is COc1cnc(Cl)cc1-c1cnccc1C(=O)Nc1nnc(C2C[C@H]2c2ccc(C#N)cc2OC)s1. The van der Waals surface area contributed by atoms with E-state index in [1.165, 1.54) is 24.6 Å².